The predicted molar refractivity (Wildman–Crippen MR) is 71.5 cm³/mol. The van der Waals surface area contributed by atoms with Gasteiger partial charge in [0.15, 0.2) is 0 Å². The minimum absolute atomic E-state index is 0.194. The van der Waals surface area contributed by atoms with Crippen LogP contribution in [-0.2, 0) is 4.79 Å². The largest absolute Gasteiger partial charge is 0.573 e. The smallest absolute Gasteiger partial charge is 0.480 e. The van der Waals surface area contributed by atoms with Crippen LogP contribution in [-0.4, -0.2) is 29.4 Å². The maximum Gasteiger partial charge on any atom is 0.573 e. The van der Waals surface area contributed by atoms with Crippen LogP contribution in [0.25, 0.3) is 0 Å². The fourth-order valence-electron chi connectivity index (χ4n) is 1.77. The SMILES string of the molecule is CCCCC(NC(=O)c1ccccc1OC(F)(F)F)C(=O)O. The number of hydrogen-bond acceptors (Lipinski definition) is 3. The van der Waals surface area contributed by atoms with Crippen LogP contribution in [0.3, 0.4) is 0 Å². The highest BCUT2D eigenvalue weighted by molar-refractivity contribution is 5.98. The number of halogens is 3. The summed E-state index contributed by atoms with van der Waals surface area (Å²) in [6, 6.07) is 3.61. The molecule has 22 heavy (non-hydrogen) atoms. The third-order valence-electron chi connectivity index (χ3n) is 2.81. The molecule has 2 N–H and O–H groups in total. The number of aliphatic carboxylic acids is 1. The van der Waals surface area contributed by atoms with Gasteiger partial charge in [-0.25, -0.2) is 4.79 Å². The van der Waals surface area contributed by atoms with E-state index < -0.39 is 30.0 Å². The lowest BCUT2D eigenvalue weighted by atomic mass is 10.1. The Morgan fingerprint density at radius 3 is 2.50 bits per heavy atom. The topological polar surface area (TPSA) is 75.6 Å². The van der Waals surface area contributed by atoms with Gasteiger partial charge in [-0.1, -0.05) is 31.9 Å². The zero-order valence-electron chi connectivity index (χ0n) is 11.8. The second kappa shape index (κ2) is 7.67. The summed E-state index contributed by atoms with van der Waals surface area (Å²) in [6.07, 6.45) is -3.45. The van der Waals surface area contributed by atoms with Crippen molar-refractivity contribution in [3.8, 4) is 5.75 Å². The molecule has 1 aromatic rings. The highest BCUT2D eigenvalue weighted by atomic mass is 19.4. The van der Waals surface area contributed by atoms with Gasteiger partial charge >= 0.3 is 12.3 Å². The van der Waals surface area contributed by atoms with Crippen LogP contribution >= 0.6 is 0 Å². The summed E-state index contributed by atoms with van der Waals surface area (Å²) in [5, 5.41) is 11.2. The second-order valence-corrected chi connectivity index (χ2v) is 4.55. The molecule has 0 aliphatic heterocycles. The number of carboxylic acids is 1. The fourth-order valence-corrected chi connectivity index (χ4v) is 1.77. The first-order valence-electron chi connectivity index (χ1n) is 6.63. The summed E-state index contributed by atoms with van der Waals surface area (Å²) in [5.41, 5.74) is -0.373. The van der Waals surface area contributed by atoms with Gasteiger partial charge in [0.05, 0.1) is 5.56 Å². The molecule has 0 bridgehead atoms. The molecule has 8 heteroatoms. The van der Waals surface area contributed by atoms with Crippen molar-refractivity contribution >= 4 is 11.9 Å². The maximum atomic E-state index is 12.3. The van der Waals surface area contributed by atoms with Crippen LogP contribution in [0.15, 0.2) is 24.3 Å². The molecule has 1 aromatic carbocycles. The lowest BCUT2D eigenvalue weighted by Gasteiger charge is -2.16. The molecule has 1 rings (SSSR count). The third-order valence-corrected chi connectivity index (χ3v) is 2.81. The van der Waals surface area contributed by atoms with E-state index in [0.717, 1.165) is 18.6 Å². The van der Waals surface area contributed by atoms with E-state index in [-0.39, 0.29) is 12.0 Å². The number of rotatable bonds is 7. The number of alkyl halides is 3. The molecular weight excluding hydrogens is 303 g/mol. The molecule has 1 atom stereocenters. The molecule has 0 heterocycles. The zero-order chi connectivity index (χ0) is 16.8. The van der Waals surface area contributed by atoms with Crippen LogP contribution in [0.2, 0.25) is 0 Å². The molecule has 0 spiro atoms. The Labute approximate surface area is 125 Å². The van der Waals surface area contributed by atoms with Crippen LogP contribution in [0.1, 0.15) is 36.5 Å². The van der Waals surface area contributed by atoms with Crippen LogP contribution in [0.5, 0.6) is 5.75 Å². The molecule has 5 nitrogen and oxygen atoms in total. The van der Waals surface area contributed by atoms with Crippen molar-refractivity contribution in [1.29, 1.82) is 0 Å². The molecule has 1 amide bonds. The Morgan fingerprint density at radius 1 is 1.32 bits per heavy atom. The fraction of sp³-hybridized carbons (Fsp3) is 0.429. The summed E-state index contributed by atoms with van der Waals surface area (Å²) in [7, 11) is 0. The number of carbonyl (C=O) groups is 2. The number of hydrogen-bond donors (Lipinski definition) is 2. The van der Waals surface area contributed by atoms with E-state index in [1.807, 2.05) is 6.92 Å². The number of nitrogens with one attached hydrogen (secondary N) is 1. The molecule has 1 unspecified atom stereocenters. The predicted octanol–water partition coefficient (Wildman–Crippen LogP) is 2.96. The normalized spacial score (nSPS) is 12.5. The van der Waals surface area contributed by atoms with Crippen molar-refractivity contribution in [2.45, 2.75) is 38.6 Å². The van der Waals surface area contributed by atoms with Crippen molar-refractivity contribution in [1.82, 2.24) is 5.32 Å². The van der Waals surface area contributed by atoms with Gasteiger partial charge in [0, 0.05) is 0 Å². The quantitative estimate of drug-likeness (QED) is 0.810. The van der Waals surface area contributed by atoms with Gasteiger partial charge in [-0.05, 0) is 18.6 Å². The second-order valence-electron chi connectivity index (χ2n) is 4.55. The highest BCUT2D eigenvalue weighted by Gasteiger charge is 2.33. The zero-order valence-corrected chi connectivity index (χ0v) is 11.8. The van der Waals surface area contributed by atoms with Crippen LogP contribution in [0.4, 0.5) is 13.2 Å². The number of carbonyl (C=O) groups excluding carboxylic acids is 1. The molecule has 122 valence electrons. The van der Waals surface area contributed by atoms with E-state index in [0.29, 0.717) is 6.42 Å². The van der Waals surface area contributed by atoms with Crippen molar-refractivity contribution in [3.05, 3.63) is 29.8 Å². The first-order valence-corrected chi connectivity index (χ1v) is 6.63. The molecule has 0 aliphatic rings. The van der Waals surface area contributed by atoms with Crippen LogP contribution < -0.4 is 10.1 Å². The Kier molecular flexibility index (Phi) is 6.21. The molecule has 0 fully saturated rings. The Balaban J connectivity index is 2.90. The van der Waals surface area contributed by atoms with Gasteiger partial charge in [-0.3, -0.25) is 4.79 Å². The van der Waals surface area contributed by atoms with E-state index in [9.17, 15) is 22.8 Å². The average molecular weight is 319 g/mol. The molecule has 0 radical (unpaired) electrons. The maximum absolute atomic E-state index is 12.3. The molecule has 0 saturated carbocycles. The lowest BCUT2D eigenvalue weighted by Crippen LogP contribution is -2.41. The Morgan fingerprint density at radius 2 is 1.95 bits per heavy atom. The number of ether oxygens (including phenoxy) is 1. The minimum atomic E-state index is -4.94. The summed E-state index contributed by atoms with van der Waals surface area (Å²) >= 11 is 0. The Bertz CT molecular complexity index is 531. The van der Waals surface area contributed by atoms with E-state index in [4.69, 9.17) is 5.11 Å². The van der Waals surface area contributed by atoms with Gasteiger partial charge in [-0.15, -0.1) is 13.2 Å². The van der Waals surface area contributed by atoms with Gasteiger partial charge in [0.25, 0.3) is 5.91 Å². The number of unbranched alkanes of at least 4 members (excludes halogenated alkanes) is 1. The number of carboxylic acid groups (broad SMARTS) is 1. The summed E-state index contributed by atoms with van der Waals surface area (Å²) in [5.74, 6) is -2.84. The van der Waals surface area contributed by atoms with Crippen molar-refractivity contribution in [3.63, 3.8) is 0 Å². The van der Waals surface area contributed by atoms with Gasteiger partial charge < -0.3 is 15.2 Å². The van der Waals surface area contributed by atoms with Gasteiger partial charge in [0.2, 0.25) is 0 Å². The van der Waals surface area contributed by atoms with E-state index >= 15 is 0 Å². The monoisotopic (exact) mass is 319 g/mol. The van der Waals surface area contributed by atoms with Gasteiger partial charge in [0.1, 0.15) is 11.8 Å². The Hall–Kier alpha value is -2.25. The first kappa shape index (κ1) is 17.8. The minimum Gasteiger partial charge on any atom is -0.480 e. The summed E-state index contributed by atoms with van der Waals surface area (Å²) in [6.45, 7) is 1.85. The summed E-state index contributed by atoms with van der Waals surface area (Å²) < 4.78 is 40.7. The highest BCUT2D eigenvalue weighted by Crippen LogP contribution is 2.26. The number of para-hydroxylation sites is 1. The molecule has 0 aliphatic carbocycles. The number of amides is 1. The molecular formula is C14H16F3NO4. The molecule has 0 aromatic heterocycles. The standard InChI is InChI=1S/C14H16F3NO4/c1-2-3-7-10(13(20)21)18-12(19)9-6-4-5-8-11(9)22-14(15,16)17/h4-6,8,10H,2-3,7H2,1H3,(H,18,19)(H,20,21). The molecule has 0 saturated heterocycles. The summed E-state index contributed by atoms with van der Waals surface area (Å²) in [4.78, 5) is 23.1. The number of benzene rings is 1. The van der Waals surface area contributed by atoms with E-state index in [1.165, 1.54) is 12.1 Å². The van der Waals surface area contributed by atoms with Crippen molar-refractivity contribution in [2.75, 3.05) is 0 Å². The first-order chi connectivity index (χ1) is 10.2. The van der Waals surface area contributed by atoms with Crippen molar-refractivity contribution < 1.29 is 32.6 Å². The lowest BCUT2D eigenvalue weighted by molar-refractivity contribution is -0.274. The van der Waals surface area contributed by atoms with E-state index in [2.05, 4.69) is 10.1 Å². The van der Waals surface area contributed by atoms with E-state index in [1.54, 1.807) is 0 Å². The third kappa shape index (κ3) is 5.63. The van der Waals surface area contributed by atoms with Crippen molar-refractivity contribution in [2.24, 2.45) is 0 Å². The average Bonchev–Trinajstić information content (AvgIpc) is 2.41. The van der Waals surface area contributed by atoms with Gasteiger partial charge in [-0.2, -0.15) is 0 Å². The van der Waals surface area contributed by atoms with Crippen LogP contribution in [0, 0.1) is 0 Å².